The Labute approximate surface area is 103 Å². The molecular formula is C13H23NO3. The zero-order valence-electron chi connectivity index (χ0n) is 10.7. The van der Waals surface area contributed by atoms with Gasteiger partial charge < -0.3 is 14.7 Å². The molecule has 1 saturated carbocycles. The highest BCUT2D eigenvalue weighted by Crippen LogP contribution is 2.43. The molecule has 0 aromatic rings. The third-order valence-corrected chi connectivity index (χ3v) is 4.24. The predicted molar refractivity (Wildman–Crippen MR) is 64.7 cm³/mol. The van der Waals surface area contributed by atoms with E-state index in [2.05, 4.69) is 0 Å². The second-order valence-corrected chi connectivity index (χ2v) is 5.35. The highest BCUT2D eigenvalue weighted by Gasteiger charge is 2.44. The van der Waals surface area contributed by atoms with Crippen LogP contribution in [0.2, 0.25) is 0 Å². The number of aliphatic hydroxyl groups excluding tert-OH is 1. The molecule has 0 unspecified atom stereocenters. The lowest BCUT2D eigenvalue weighted by molar-refractivity contribution is -0.0562. The van der Waals surface area contributed by atoms with Crippen LogP contribution >= 0.6 is 0 Å². The van der Waals surface area contributed by atoms with E-state index in [-0.39, 0.29) is 17.6 Å². The minimum absolute atomic E-state index is 0.0523. The number of carbonyl (C=O) groups is 1. The summed E-state index contributed by atoms with van der Waals surface area (Å²) in [6, 6.07) is 0. The van der Waals surface area contributed by atoms with Gasteiger partial charge in [-0.1, -0.05) is 12.8 Å². The van der Waals surface area contributed by atoms with Crippen molar-refractivity contribution >= 4 is 6.09 Å². The van der Waals surface area contributed by atoms with Gasteiger partial charge in [0, 0.05) is 18.5 Å². The van der Waals surface area contributed by atoms with Gasteiger partial charge in [0.25, 0.3) is 0 Å². The lowest BCUT2D eigenvalue weighted by atomic mass is 9.67. The Balaban J connectivity index is 2.02. The highest BCUT2D eigenvalue weighted by molar-refractivity contribution is 5.67. The fraction of sp³-hybridized carbons (Fsp3) is 0.923. The van der Waals surface area contributed by atoms with Crippen molar-refractivity contribution in [2.45, 2.75) is 51.6 Å². The van der Waals surface area contributed by atoms with Crippen molar-refractivity contribution in [3.8, 4) is 0 Å². The smallest absolute Gasteiger partial charge is 0.409 e. The van der Waals surface area contributed by atoms with E-state index in [0.717, 1.165) is 38.6 Å². The summed E-state index contributed by atoms with van der Waals surface area (Å²) in [7, 11) is 0. The van der Waals surface area contributed by atoms with E-state index in [0.29, 0.717) is 13.2 Å². The molecule has 2 fully saturated rings. The summed E-state index contributed by atoms with van der Waals surface area (Å²) in [4.78, 5) is 13.5. The molecule has 2 atom stereocenters. The van der Waals surface area contributed by atoms with E-state index in [4.69, 9.17) is 4.74 Å². The number of rotatable bonds is 1. The fourth-order valence-electron chi connectivity index (χ4n) is 3.29. The summed E-state index contributed by atoms with van der Waals surface area (Å²) in [6.07, 6.45) is 5.79. The minimum atomic E-state index is -0.242. The number of ether oxygens (including phenoxy) is 1. The Kier molecular flexibility index (Phi) is 3.92. The Morgan fingerprint density at radius 3 is 2.88 bits per heavy atom. The monoisotopic (exact) mass is 241 g/mol. The van der Waals surface area contributed by atoms with Crippen molar-refractivity contribution in [1.82, 2.24) is 4.90 Å². The molecule has 17 heavy (non-hydrogen) atoms. The predicted octanol–water partition coefficient (Wildman–Crippen LogP) is 2.16. The van der Waals surface area contributed by atoms with E-state index in [1.165, 1.54) is 6.42 Å². The number of likely N-dealkylation sites (tertiary alicyclic amines) is 1. The van der Waals surface area contributed by atoms with Gasteiger partial charge in [0.05, 0.1) is 12.7 Å². The summed E-state index contributed by atoms with van der Waals surface area (Å²) in [5.74, 6) is 0. The van der Waals surface area contributed by atoms with Gasteiger partial charge in [-0.15, -0.1) is 0 Å². The van der Waals surface area contributed by atoms with Gasteiger partial charge in [-0.25, -0.2) is 4.79 Å². The molecule has 0 aromatic heterocycles. The number of hydrogen-bond acceptors (Lipinski definition) is 3. The molecule has 1 heterocycles. The van der Waals surface area contributed by atoms with Gasteiger partial charge in [0.15, 0.2) is 0 Å². The van der Waals surface area contributed by atoms with Crippen molar-refractivity contribution in [3.63, 3.8) is 0 Å². The molecule has 0 radical (unpaired) electrons. The molecule has 1 aliphatic carbocycles. The van der Waals surface area contributed by atoms with Crippen LogP contribution < -0.4 is 0 Å². The molecule has 0 aromatic carbocycles. The summed E-state index contributed by atoms with van der Waals surface area (Å²) >= 11 is 0. The van der Waals surface area contributed by atoms with Crippen molar-refractivity contribution in [1.29, 1.82) is 0 Å². The van der Waals surface area contributed by atoms with E-state index in [1.807, 2.05) is 6.92 Å². The van der Waals surface area contributed by atoms with Gasteiger partial charge >= 0.3 is 6.09 Å². The zero-order valence-corrected chi connectivity index (χ0v) is 10.7. The van der Waals surface area contributed by atoms with Crippen LogP contribution in [0.1, 0.15) is 45.4 Å². The lowest BCUT2D eigenvalue weighted by Crippen LogP contribution is -2.52. The minimum Gasteiger partial charge on any atom is -0.450 e. The van der Waals surface area contributed by atoms with Crippen molar-refractivity contribution in [2.24, 2.45) is 5.41 Å². The molecule has 98 valence electrons. The maximum absolute atomic E-state index is 11.8. The first-order valence-electron chi connectivity index (χ1n) is 6.78. The Bertz CT molecular complexity index is 278. The maximum atomic E-state index is 11.8. The van der Waals surface area contributed by atoms with E-state index < -0.39 is 0 Å². The largest absolute Gasteiger partial charge is 0.450 e. The molecule has 1 N–H and O–H groups in total. The molecule has 4 nitrogen and oxygen atoms in total. The van der Waals surface area contributed by atoms with Crippen LogP contribution in [-0.4, -0.2) is 41.9 Å². The Morgan fingerprint density at radius 2 is 2.18 bits per heavy atom. The maximum Gasteiger partial charge on any atom is 0.409 e. The van der Waals surface area contributed by atoms with E-state index in [1.54, 1.807) is 4.90 Å². The normalized spacial score (nSPS) is 33.8. The Morgan fingerprint density at radius 1 is 1.41 bits per heavy atom. The lowest BCUT2D eigenvalue weighted by Gasteiger charge is -2.47. The first-order valence-corrected chi connectivity index (χ1v) is 6.78. The highest BCUT2D eigenvalue weighted by atomic mass is 16.6. The second kappa shape index (κ2) is 5.25. The average Bonchev–Trinajstić information content (AvgIpc) is 2.34. The van der Waals surface area contributed by atoms with Gasteiger partial charge in [-0.3, -0.25) is 0 Å². The number of nitrogens with zero attached hydrogens (tertiary/aromatic N) is 1. The third-order valence-electron chi connectivity index (χ3n) is 4.24. The first-order chi connectivity index (χ1) is 8.18. The number of hydrogen-bond donors (Lipinski definition) is 1. The molecule has 2 rings (SSSR count). The number of amides is 1. The van der Waals surface area contributed by atoms with E-state index >= 15 is 0 Å². The quantitative estimate of drug-likeness (QED) is 0.765. The molecule has 1 spiro atoms. The topological polar surface area (TPSA) is 49.8 Å². The van der Waals surface area contributed by atoms with Crippen LogP contribution in [0.5, 0.6) is 0 Å². The van der Waals surface area contributed by atoms with Crippen LogP contribution in [0.15, 0.2) is 0 Å². The van der Waals surface area contributed by atoms with Gasteiger partial charge in [0.2, 0.25) is 0 Å². The number of carbonyl (C=O) groups excluding carboxylic acids is 1. The summed E-state index contributed by atoms with van der Waals surface area (Å²) in [5, 5.41) is 10.2. The summed E-state index contributed by atoms with van der Waals surface area (Å²) in [5.41, 5.74) is -0.0523. The fourth-order valence-corrected chi connectivity index (χ4v) is 3.29. The van der Waals surface area contributed by atoms with Gasteiger partial charge in [-0.05, 0) is 32.6 Å². The molecule has 0 bridgehead atoms. The number of aliphatic hydroxyl groups is 1. The number of piperidine rings is 1. The molecule has 4 heteroatoms. The van der Waals surface area contributed by atoms with E-state index in [9.17, 15) is 9.90 Å². The SMILES string of the molecule is CCOC(=O)N1CCC[C@]2(CCCC[C@H]2O)C1. The van der Waals surface area contributed by atoms with Crippen molar-refractivity contribution < 1.29 is 14.6 Å². The molecular weight excluding hydrogens is 218 g/mol. The van der Waals surface area contributed by atoms with Crippen LogP contribution in [0.4, 0.5) is 4.79 Å². The van der Waals surface area contributed by atoms with Gasteiger partial charge in [-0.2, -0.15) is 0 Å². The van der Waals surface area contributed by atoms with Crippen LogP contribution in [0, 0.1) is 5.41 Å². The average molecular weight is 241 g/mol. The molecule has 2 aliphatic rings. The molecule has 1 amide bonds. The summed E-state index contributed by atoms with van der Waals surface area (Å²) in [6.45, 7) is 3.69. The van der Waals surface area contributed by atoms with Gasteiger partial charge in [0.1, 0.15) is 0 Å². The van der Waals surface area contributed by atoms with Crippen LogP contribution in [-0.2, 0) is 4.74 Å². The van der Waals surface area contributed by atoms with Crippen molar-refractivity contribution in [3.05, 3.63) is 0 Å². The van der Waals surface area contributed by atoms with Crippen LogP contribution in [0.25, 0.3) is 0 Å². The third kappa shape index (κ3) is 2.57. The Hall–Kier alpha value is -0.770. The summed E-state index contributed by atoms with van der Waals surface area (Å²) < 4.78 is 5.06. The second-order valence-electron chi connectivity index (χ2n) is 5.35. The van der Waals surface area contributed by atoms with Crippen LogP contribution in [0.3, 0.4) is 0 Å². The standard InChI is InChI=1S/C13H23NO3/c1-2-17-12(16)14-9-5-8-13(10-14)7-4-3-6-11(13)15/h11,15H,2-10H2,1H3/t11-,13-/m1/s1. The molecule has 1 saturated heterocycles. The first kappa shape index (κ1) is 12.7. The zero-order chi connectivity index (χ0) is 12.3. The molecule has 1 aliphatic heterocycles. The van der Waals surface area contributed by atoms with Crippen molar-refractivity contribution in [2.75, 3.05) is 19.7 Å².